The van der Waals surface area contributed by atoms with E-state index in [1.54, 1.807) is 12.3 Å². The van der Waals surface area contributed by atoms with Gasteiger partial charge < -0.3 is 14.8 Å². The quantitative estimate of drug-likeness (QED) is 0.546. The highest BCUT2D eigenvalue weighted by Gasteiger charge is 2.47. The first-order valence-electron chi connectivity index (χ1n) is 11.1. The number of pyridine rings is 1. The molecule has 2 aliphatic rings. The van der Waals surface area contributed by atoms with E-state index in [0.29, 0.717) is 17.1 Å². The van der Waals surface area contributed by atoms with E-state index in [-0.39, 0.29) is 29.1 Å². The summed E-state index contributed by atoms with van der Waals surface area (Å²) in [5, 5.41) is 3.21. The van der Waals surface area contributed by atoms with Gasteiger partial charge in [0.05, 0.1) is 22.4 Å². The van der Waals surface area contributed by atoms with Crippen molar-refractivity contribution in [2.45, 2.75) is 69.0 Å². The summed E-state index contributed by atoms with van der Waals surface area (Å²) in [5.41, 5.74) is 2.23. The Balaban J connectivity index is 1.39. The number of amides is 1. The minimum Gasteiger partial charge on any atom is -0.345 e. The van der Waals surface area contributed by atoms with E-state index in [9.17, 15) is 13.2 Å². The van der Waals surface area contributed by atoms with Gasteiger partial charge in [-0.3, -0.25) is 9.78 Å². The lowest BCUT2D eigenvalue weighted by Crippen LogP contribution is -2.49. The molecule has 3 heterocycles. The van der Waals surface area contributed by atoms with E-state index >= 15 is 0 Å². The van der Waals surface area contributed by atoms with Crippen molar-refractivity contribution >= 4 is 42.6 Å². The van der Waals surface area contributed by atoms with Crippen molar-refractivity contribution in [2.75, 3.05) is 5.32 Å². The summed E-state index contributed by atoms with van der Waals surface area (Å²) in [6, 6.07) is 6.86. The van der Waals surface area contributed by atoms with Crippen molar-refractivity contribution in [1.29, 1.82) is 0 Å². The Morgan fingerprint density at radius 3 is 2.76 bits per heavy atom. The summed E-state index contributed by atoms with van der Waals surface area (Å²) in [6.07, 6.45) is 4.95. The Morgan fingerprint density at radius 2 is 1.97 bits per heavy atom. The van der Waals surface area contributed by atoms with Gasteiger partial charge in [-0.15, -0.1) is 0 Å². The lowest BCUT2D eigenvalue weighted by Gasteiger charge is -2.31. The maximum absolute atomic E-state index is 13.3. The van der Waals surface area contributed by atoms with Crippen LogP contribution in [0.5, 0.6) is 0 Å². The van der Waals surface area contributed by atoms with Crippen molar-refractivity contribution in [2.24, 2.45) is 0 Å². The third-order valence-electron chi connectivity index (χ3n) is 5.96. The van der Waals surface area contributed by atoms with E-state index < -0.39 is 15.8 Å². The van der Waals surface area contributed by atoms with E-state index in [4.69, 9.17) is 9.47 Å². The Hall–Kier alpha value is -2.44. The summed E-state index contributed by atoms with van der Waals surface area (Å²) in [7, 11) is -3.82. The molecule has 1 saturated heterocycles. The second-order valence-electron chi connectivity index (χ2n) is 9.09. The molecule has 1 saturated carbocycles. The average molecular weight is 503 g/mol. The van der Waals surface area contributed by atoms with Gasteiger partial charge in [0.2, 0.25) is 15.9 Å². The second-order valence-corrected chi connectivity index (χ2v) is 11.8. The number of rotatable bonds is 5. The zero-order valence-electron chi connectivity index (χ0n) is 19.1. The highest BCUT2D eigenvalue weighted by atomic mass is 32.2. The molecule has 1 aromatic carbocycles. The van der Waals surface area contributed by atoms with Gasteiger partial charge in [0.25, 0.3) is 0 Å². The number of nitrogens with one attached hydrogen (secondary N) is 2. The minimum absolute atomic E-state index is 0.0913. The van der Waals surface area contributed by atoms with Crippen molar-refractivity contribution < 1.29 is 22.7 Å². The first kappa shape index (κ1) is 23.3. The van der Waals surface area contributed by atoms with Crippen molar-refractivity contribution in [3.63, 3.8) is 0 Å². The third-order valence-corrected chi connectivity index (χ3v) is 8.35. The topological polar surface area (TPSA) is 120 Å². The lowest BCUT2D eigenvalue weighted by atomic mass is 9.91. The molecule has 180 valence electrons. The third kappa shape index (κ3) is 4.71. The van der Waals surface area contributed by atoms with Crippen molar-refractivity contribution in [3.8, 4) is 11.1 Å². The van der Waals surface area contributed by atoms with E-state index in [2.05, 4.69) is 20.0 Å². The first-order chi connectivity index (χ1) is 16.1. The molecule has 1 aliphatic carbocycles. The predicted molar refractivity (Wildman–Crippen MR) is 129 cm³/mol. The Bertz CT molecular complexity index is 1350. The number of aromatic nitrogens is 2. The molecule has 2 fully saturated rings. The number of nitrogens with zero attached hydrogens (tertiary/aromatic N) is 2. The van der Waals surface area contributed by atoms with Gasteiger partial charge in [-0.25, -0.2) is 18.1 Å². The fourth-order valence-electron chi connectivity index (χ4n) is 4.56. The first-order valence-corrected chi connectivity index (χ1v) is 13.4. The number of carbonyl (C=O) groups excluding carboxylic acids is 1. The second kappa shape index (κ2) is 8.65. The fraction of sp³-hybridized carbons (Fsp3) is 0.435. The van der Waals surface area contributed by atoms with Crippen LogP contribution >= 0.6 is 11.3 Å². The van der Waals surface area contributed by atoms with E-state index in [1.807, 2.05) is 32.0 Å². The molecular formula is C23H26N4O5S2. The smallest absolute Gasteiger partial charge is 0.242 e. The molecule has 9 nitrogen and oxygen atoms in total. The Labute approximate surface area is 202 Å². The predicted octanol–water partition coefficient (Wildman–Crippen LogP) is 3.67. The van der Waals surface area contributed by atoms with Gasteiger partial charge >= 0.3 is 0 Å². The molecule has 5 rings (SSSR count). The number of benzene rings is 1. The highest BCUT2D eigenvalue weighted by molar-refractivity contribution is 7.89. The van der Waals surface area contributed by atoms with Crippen LogP contribution in [0.2, 0.25) is 0 Å². The van der Waals surface area contributed by atoms with Gasteiger partial charge in [-0.1, -0.05) is 17.4 Å². The molecule has 3 aromatic rings. The van der Waals surface area contributed by atoms with Crippen LogP contribution in [0, 0.1) is 0 Å². The maximum atomic E-state index is 13.3. The van der Waals surface area contributed by atoms with Gasteiger partial charge in [-0.05, 0) is 56.9 Å². The number of fused-ring (bicyclic) bond motifs is 2. The molecule has 1 aliphatic heterocycles. The molecule has 3 atom stereocenters. The Morgan fingerprint density at radius 1 is 1.15 bits per heavy atom. The van der Waals surface area contributed by atoms with Gasteiger partial charge in [0.1, 0.15) is 11.0 Å². The average Bonchev–Trinajstić information content (AvgIpc) is 3.31. The summed E-state index contributed by atoms with van der Waals surface area (Å²) in [5.74, 6) is -0.906. The number of anilines is 1. The SMILES string of the molecule is CC(=O)Nc1nc2ccc(-c3cncc(S(=O)(=O)NC4CCCC5OC(C)(C)OC45)c3)cc2s1. The van der Waals surface area contributed by atoms with Crippen molar-refractivity contribution in [3.05, 3.63) is 36.7 Å². The van der Waals surface area contributed by atoms with Crippen LogP contribution in [-0.4, -0.2) is 48.3 Å². The minimum atomic E-state index is -3.82. The maximum Gasteiger partial charge on any atom is 0.242 e. The molecule has 0 radical (unpaired) electrons. The van der Waals surface area contributed by atoms with Crippen LogP contribution in [0.1, 0.15) is 40.0 Å². The number of ether oxygens (including phenoxy) is 2. The molecule has 0 spiro atoms. The monoisotopic (exact) mass is 502 g/mol. The summed E-state index contributed by atoms with van der Waals surface area (Å²) < 4.78 is 42.2. The number of hydrogen-bond acceptors (Lipinski definition) is 8. The number of carbonyl (C=O) groups is 1. The van der Waals surface area contributed by atoms with Crippen LogP contribution in [-0.2, 0) is 24.3 Å². The normalized spacial score (nSPS) is 24.1. The lowest BCUT2D eigenvalue weighted by molar-refractivity contribution is -0.146. The van der Waals surface area contributed by atoms with Crippen LogP contribution in [0.15, 0.2) is 41.6 Å². The molecule has 0 bridgehead atoms. The summed E-state index contributed by atoms with van der Waals surface area (Å²) >= 11 is 1.36. The zero-order valence-corrected chi connectivity index (χ0v) is 20.7. The molecule has 2 N–H and O–H groups in total. The molecule has 2 aromatic heterocycles. The number of thiazole rings is 1. The zero-order chi connectivity index (χ0) is 24.1. The molecule has 1 amide bonds. The number of hydrogen-bond donors (Lipinski definition) is 2. The van der Waals surface area contributed by atoms with Crippen LogP contribution in [0.3, 0.4) is 0 Å². The Kier molecular flexibility index (Phi) is 5.93. The summed E-state index contributed by atoms with van der Waals surface area (Å²) in [6.45, 7) is 5.13. The standard InChI is InChI=1S/C23H26N4O5S2/c1-13(28)25-22-26-17-8-7-14(10-20(17)33-22)15-9-16(12-24-11-15)34(29,30)27-18-5-4-6-19-21(18)32-23(2,3)31-19/h7-12,18-19,21,27H,4-6H2,1-3H3,(H,25,26,28). The van der Waals surface area contributed by atoms with Crippen molar-refractivity contribution in [1.82, 2.24) is 14.7 Å². The van der Waals surface area contributed by atoms with Gasteiger partial charge in [0, 0.05) is 24.9 Å². The molecule has 34 heavy (non-hydrogen) atoms. The van der Waals surface area contributed by atoms with Gasteiger partial charge in [-0.2, -0.15) is 0 Å². The van der Waals surface area contributed by atoms with Gasteiger partial charge in [0.15, 0.2) is 10.9 Å². The van der Waals surface area contributed by atoms with Crippen LogP contribution in [0.25, 0.3) is 21.3 Å². The van der Waals surface area contributed by atoms with Crippen LogP contribution in [0.4, 0.5) is 5.13 Å². The highest BCUT2D eigenvalue weighted by Crippen LogP contribution is 2.37. The summed E-state index contributed by atoms with van der Waals surface area (Å²) in [4.78, 5) is 20.0. The molecule has 3 unspecified atom stereocenters. The van der Waals surface area contributed by atoms with E-state index in [0.717, 1.165) is 28.6 Å². The molecular weight excluding hydrogens is 476 g/mol. The fourth-order valence-corrected chi connectivity index (χ4v) is 6.78. The molecule has 11 heteroatoms. The van der Waals surface area contributed by atoms with Crippen LogP contribution < -0.4 is 10.0 Å². The van der Waals surface area contributed by atoms with E-state index in [1.165, 1.54) is 24.5 Å². The largest absolute Gasteiger partial charge is 0.345 e. The number of sulfonamides is 1.